The van der Waals surface area contributed by atoms with Crippen LogP contribution in [0.15, 0.2) is 59.5 Å². The van der Waals surface area contributed by atoms with Crippen LogP contribution in [0.3, 0.4) is 0 Å². The third kappa shape index (κ3) is 5.06. The lowest BCUT2D eigenvalue weighted by Gasteiger charge is -2.32. The van der Waals surface area contributed by atoms with E-state index in [-0.39, 0.29) is 39.6 Å². The number of rotatable bonds is 10. The molecule has 0 saturated heterocycles. The van der Waals surface area contributed by atoms with Crippen molar-refractivity contribution in [2.24, 2.45) is 5.73 Å². The summed E-state index contributed by atoms with van der Waals surface area (Å²) < 4.78 is 73.5. The van der Waals surface area contributed by atoms with Crippen molar-refractivity contribution in [1.82, 2.24) is 0 Å². The molecule has 0 unspecified atom stereocenters. The van der Waals surface area contributed by atoms with E-state index in [1.54, 1.807) is 6.07 Å². The predicted molar refractivity (Wildman–Crippen MR) is 130 cm³/mol. The Hall–Kier alpha value is -3.86. The normalized spacial score (nSPS) is 12.1. The zero-order valence-electron chi connectivity index (χ0n) is 20.1. The summed E-state index contributed by atoms with van der Waals surface area (Å²) in [5.41, 5.74) is 5.38. The van der Waals surface area contributed by atoms with Gasteiger partial charge in [0, 0.05) is 18.1 Å². The fourth-order valence-electron chi connectivity index (χ4n) is 3.75. The minimum absolute atomic E-state index is 0.0569. The Morgan fingerprint density at radius 1 is 0.917 bits per heavy atom. The first kappa shape index (κ1) is 26.7. The zero-order chi connectivity index (χ0) is 26.6. The SMILES string of the molecule is COc1ccc(S(=O)(=O)N(c2c(Cc3c(F)cccc3F)cccc2OC)[C@H](C)C(N)=O)cc1OC. The molecule has 36 heavy (non-hydrogen) atoms. The number of primary amides is 1. The average Bonchev–Trinajstić information content (AvgIpc) is 2.86. The molecule has 0 radical (unpaired) electrons. The Labute approximate surface area is 208 Å². The van der Waals surface area contributed by atoms with E-state index in [0.717, 1.165) is 16.4 Å². The van der Waals surface area contributed by atoms with Crippen LogP contribution in [0.5, 0.6) is 17.2 Å². The highest BCUT2D eigenvalue weighted by atomic mass is 32.2. The number of methoxy groups -OCH3 is 3. The summed E-state index contributed by atoms with van der Waals surface area (Å²) in [7, 11) is -0.440. The number of hydrogen-bond donors (Lipinski definition) is 1. The largest absolute Gasteiger partial charge is 0.495 e. The minimum atomic E-state index is -4.49. The molecule has 0 heterocycles. The molecule has 0 fully saturated rings. The van der Waals surface area contributed by atoms with Gasteiger partial charge in [-0.3, -0.25) is 9.10 Å². The first-order valence-corrected chi connectivity index (χ1v) is 12.1. The van der Waals surface area contributed by atoms with Crippen LogP contribution in [0.1, 0.15) is 18.1 Å². The van der Waals surface area contributed by atoms with Gasteiger partial charge in [-0.05, 0) is 42.8 Å². The van der Waals surface area contributed by atoms with Crippen LogP contribution in [-0.2, 0) is 21.2 Å². The van der Waals surface area contributed by atoms with Gasteiger partial charge in [-0.15, -0.1) is 0 Å². The molecule has 8 nitrogen and oxygen atoms in total. The number of nitrogens with zero attached hydrogens (tertiary/aromatic N) is 1. The van der Waals surface area contributed by atoms with Crippen molar-refractivity contribution in [1.29, 1.82) is 0 Å². The number of anilines is 1. The van der Waals surface area contributed by atoms with Gasteiger partial charge in [0.1, 0.15) is 23.4 Å². The molecule has 0 saturated carbocycles. The van der Waals surface area contributed by atoms with Gasteiger partial charge in [-0.2, -0.15) is 0 Å². The third-order valence-corrected chi connectivity index (χ3v) is 7.49. The van der Waals surface area contributed by atoms with E-state index in [1.807, 2.05) is 0 Å². The van der Waals surface area contributed by atoms with Crippen molar-refractivity contribution in [2.45, 2.75) is 24.3 Å². The summed E-state index contributed by atoms with van der Waals surface area (Å²) in [6, 6.07) is 10.5. The fraction of sp³-hybridized carbons (Fsp3) is 0.240. The maximum absolute atomic E-state index is 14.5. The van der Waals surface area contributed by atoms with Gasteiger partial charge in [-0.25, -0.2) is 17.2 Å². The summed E-state index contributed by atoms with van der Waals surface area (Å²) in [5.74, 6) is -2.07. The first-order valence-electron chi connectivity index (χ1n) is 10.7. The Morgan fingerprint density at radius 3 is 2.06 bits per heavy atom. The molecule has 3 aromatic carbocycles. The molecule has 192 valence electrons. The van der Waals surface area contributed by atoms with Crippen LogP contribution in [0, 0.1) is 11.6 Å². The molecule has 2 N–H and O–H groups in total. The maximum Gasteiger partial charge on any atom is 0.265 e. The molecule has 0 aliphatic rings. The van der Waals surface area contributed by atoms with Crippen LogP contribution in [0.4, 0.5) is 14.5 Å². The van der Waals surface area contributed by atoms with E-state index in [2.05, 4.69) is 0 Å². The van der Waals surface area contributed by atoms with Gasteiger partial charge in [0.15, 0.2) is 11.5 Å². The van der Waals surface area contributed by atoms with Gasteiger partial charge in [0.2, 0.25) is 5.91 Å². The Kier molecular flexibility index (Phi) is 8.03. The van der Waals surface area contributed by atoms with Gasteiger partial charge >= 0.3 is 0 Å². The van der Waals surface area contributed by atoms with Gasteiger partial charge in [-0.1, -0.05) is 18.2 Å². The molecule has 0 aliphatic carbocycles. The Balaban J connectivity index is 2.30. The van der Waals surface area contributed by atoms with E-state index >= 15 is 0 Å². The lowest BCUT2D eigenvalue weighted by atomic mass is 10.0. The average molecular weight is 521 g/mol. The lowest BCUT2D eigenvalue weighted by molar-refractivity contribution is -0.118. The highest BCUT2D eigenvalue weighted by Crippen LogP contribution is 2.40. The van der Waals surface area contributed by atoms with Gasteiger partial charge in [0.25, 0.3) is 10.0 Å². The fourth-order valence-corrected chi connectivity index (χ4v) is 5.44. The quantitative estimate of drug-likeness (QED) is 0.437. The number of halogens is 2. The van der Waals surface area contributed by atoms with E-state index in [1.165, 1.54) is 64.7 Å². The second kappa shape index (κ2) is 10.8. The molecule has 0 spiro atoms. The summed E-state index contributed by atoms with van der Waals surface area (Å²) in [5, 5.41) is 0. The summed E-state index contributed by atoms with van der Waals surface area (Å²) >= 11 is 0. The molecular weight excluding hydrogens is 494 g/mol. The van der Waals surface area contributed by atoms with Crippen molar-refractivity contribution >= 4 is 21.6 Å². The van der Waals surface area contributed by atoms with Crippen molar-refractivity contribution in [3.05, 3.63) is 77.4 Å². The maximum atomic E-state index is 14.5. The van der Waals surface area contributed by atoms with Gasteiger partial charge in [0.05, 0.1) is 31.9 Å². The van der Waals surface area contributed by atoms with Crippen LogP contribution >= 0.6 is 0 Å². The molecular formula is C25H26F2N2O6S. The molecule has 0 aromatic heterocycles. The molecule has 0 aliphatic heterocycles. The van der Waals surface area contributed by atoms with Crippen molar-refractivity contribution < 1.29 is 36.2 Å². The smallest absolute Gasteiger partial charge is 0.265 e. The second-order valence-electron chi connectivity index (χ2n) is 7.74. The molecule has 0 bridgehead atoms. The number of hydrogen-bond acceptors (Lipinski definition) is 6. The van der Waals surface area contributed by atoms with Gasteiger partial charge < -0.3 is 19.9 Å². The number of benzene rings is 3. The predicted octanol–water partition coefficient (Wildman–Crippen LogP) is 3.65. The summed E-state index contributed by atoms with van der Waals surface area (Å²) in [6.07, 6.45) is -0.325. The number of amides is 1. The zero-order valence-corrected chi connectivity index (χ0v) is 20.9. The summed E-state index contributed by atoms with van der Waals surface area (Å²) in [6.45, 7) is 1.31. The van der Waals surface area contributed by atoms with Crippen LogP contribution in [0.25, 0.3) is 0 Å². The van der Waals surface area contributed by atoms with Crippen LogP contribution < -0.4 is 24.2 Å². The molecule has 3 rings (SSSR count). The third-order valence-electron chi connectivity index (χ3n) is 5.63. The number of para-hydroxylation sites is 1. The second-order valence-corrected chi connectivity index (χ2v) is 9.56. The number of carbonyl (C=O) groups is 1. The minimum Gasteiger partial charge on any atom is -0.495 e. The first-order chi connectivity index (χ1) is 17.1. The van der Waals surface area contributed by atoms with Crippen molar-refractivity contribution in [3.8, 4) is 17.2 Å². The number of ether oxygens (including phenoxy) is 3. The number of carbonyl (C=O) groups excluding carboxylic acids is 1. The van der Waals surface area contributed by atoms with E-state index < -0.39 is 33.6 Å². The highest BCUT2D eigenvalue weighted by molar-refractivity contribution is 7.93. The molecule has 11 heteroatoms. The van der Waals surface area contributed by atoms with Crippen molar-refractivity contribution in [3.63, 3.8) is 0 Å². The number of sulfonamides is 1. The lowest BCUT2D eigenvalue weighted by Crippen LogP contribution is -2.47. The molecule has 1 amide bonds. The molecule has 1 atom stereocenters. The topological polar surface area (TPSA) is 108 Å². The Morgan fingerprint density at radius 2 is 1.50 bits per heavy atom. The monoisotopic (exact) mass is 520 g/mol. The Bertz CT molecular complexity index is 1360. The van der Waals surface area contributed by atoms with E-state index in [0.29, 0.717) is 5.75 Å². The van der Waals surface area contributed by atoms with E-state index in [4.69, 9.17) is 19.9 Å². The summed E-state index contributed by atoms with van der Waals surface area (Å²) in [4.78, 5) is 12.1. The van der Waals surface area contributed by atoms with Crippen molar-refractivity contribution in [2.75, 3.05) is 25.6 Å². The van der Waals surface area contributed by atoms with Crippen LogP contribution in [-0.4, -0.2) is 41.7 Å². The highest BCUT2D eigenvalue weighted by Gasteiger charge is 2.36. The van der Waals surface area contributed by atoms with E-state index in [9.17, 15) is 22.0 Å². The standard InChI is InChI=1S/C25H26F2N2O6S/c1-15(25(28)30)29(36(31,32)17-11-12-21(33-2)23(14-17)35-4)24-16(7-5-10-22(24)34-3)13-18-19(26)8-6-9-20(18)27/h5-12,14-15H,13H2,1-4H3,(H2,28,30)/t15-/m1/s1. The number of nitrogens with two attached hydrogens (primary N) is 1. The van der Waals surface area contributed by atoms with Crippen LogP contribution in [0.2, 0.25) is 0 Å². The molecule has 3 aromatic rings.